The summed E-state index contributed by atoms with van der Waals surface area (Å²) in [4.78, 5) is 13.9. The van der Waals surface area contributed by atoms with Gasteiger partial charge in [-0.1, -0.05) is 12.1 Å². The smallest absolute Gasteiger partial charge is 0.339 e. The number of nitrogens with one attached hydrogen (secondary N) is 1. The number of benzene rings is 2. The van der Waals surface area contributed by atoms with Crippen LogP contribution >= 0.6 is 0 Å². The maximum Gasteiger partial charge on any atom is 0.339 e. The molecule has 0 aromatic heterocycles. The highest BCUT2D eigenvalue weighted by Crippen LogP contribution is 2.20. The van der Waals surface area contributed by atoms with Gasteiger partial charge in [0, 0.05) is 18.6 Å². The summed E-state index contributed by atoms with van der Waals surface area (Å²) in [6.45, 7) is 8.01. The molecule has 0 fully saturated rings. The first-order chi connectivity index (χ1) is 13.1. The maximum atomic E-state index is 13.0. The first-order valence-electron chi connectivity index (χ1n) is 8.94. The van der Waals surface area contributed by atoms with Gasteiger partial charge in [0.15, 0.2) is 0 Å². The van der Waals surface area contributed by atoms with Crippen molar-refractivity contribution >= 4 is 16.1 Å². The Hall–Kier alpha value is -2.61. The number of carbonyl (C=O) groups excluding carboxylic acids is 1. The van der Waals surface area contributed by atoms with Gasteiger partial charge in [0.05, 0.1) is 0 Å². The lowest BCUT2D eigenvalue weighted by atomic mass is 10.2. The van der Waals surface area contributed by atoms with Crippen LogP contribution in [-0.2, 0) is 16.7 Å². The SMILES string of the molecule is CC(C)NC(=O)N(Cc1ccc(OS(=O)(=O)c2ccc(F)cc2)cc1)C(C)C. The zero-order valence-corrected chi connectivity index (χ0v) is 17.2. The number of amides is 2. The lowest BCUT2D eigenvalue weighted by Crippen LogP contribution is -2.45. The molecule has 28 heavy (non-hydrogen) atoms. The predicted molar refractivity (Wildman–Crippen MR) is 105 cm³/mol. The van der Waals surface area contributed by atoms with Crippen LogP contribution in [0.4, 0.5) is 9.18 Å². The summed E-state index contributed by atoms with van der Waals surface area (Å²) in [6, 6.07) is 10.7. The molecule has 0 atom stereocenters. The van der Waals surface area contributed by atoms with Gasteiger partial charge < -0.3 is 14.4 Å². The van der Waals surface area contributed by atoms with Gasteiger partial charge >= 0.3 is 16.1 Å². The molecule has 0 spiro atoms. The highest BCUT2D eigenvalue weighted by atomic mass is 32.2. The molecule has 0 aliphatic carbocycles. The molecule has 6 nitrogen and oxygen atoms in total. The summed E-state index contributed by atoms with van der Waals surface area (Å²) in [5, 5.41) is 2.87. The lowest BCUT2D eigenvalue weighted by Gasteiger charge is -2.28. The second-order valence-electron chi connectivity index (χ2n) is 6.96. The summed E-state index contributed by atoms with van der Waals surface area (Å²) >= 11 is 0. The van der Waals surface area contributed by atoms with E-state index in [-0.39, 0.29) is 28.8 Å². The molecule has 0 saturated carbocycles. The van der Waals surface area contributed by atoms with Gasteiger partial charge in [0.2, 0.25) is 0 Å². The van der Waals surface area contributed by atoms with Gasteiger partial charge in [-0.25, -0.2) is 9.18 Å². The molecule has 8 heteroatoms. The average molecular weight is 408 g/mol. The van der Waals surface area contributed by atoms with Crippen LogP contribution in [0.15, 0.2) is 53.4 Å². The van der Waals surface area contributed by atoms with Gasteiger partial charge in [0.25, 0.3) is 0 Å². The Morgan fingerprint density at radius 1 is 1.04 bits per heavy atom. The van der Waals surface area contributed by atoms with E-state index in [0.29, 0.717) is 6.54 Å². The molecule has 2 amide bonds. The standard InChI is InChI=1S/C20H25FN2O4S/c1-14(2)22-20(24)23(15(3)4)13-16-5-9-18(10-6-16)27-28(25,26)19-11-7-17(21)8-12-19/h5-12,14-15H,13H2,1-4H3,(H,22,24). The number of rotatable bonds is 7. The molecule has 0 radical (unpaired) electrons. The molecular weight excluding hydrogens is 383 g/mol. The summed E-state index contributed by atoms with van der Waals surface area (Å²) in [5.74, 6) is -0.393. The molecule has 1 N–H and O–H groups in total. The molecule has 152 valence electrons. The third kappa shape index (κ3) is 5.95. The van der Waals surface area contributed by atoms with E-state index in [1.807, 2.05) is 27.7 Å². The average Bonchev–Trinajstić information content (AvgIpc) is 2.60. The van der Waals surface area contributed by atoms with Gasteiger partial charge in [-0.2, -0.15) is 8.42 Å². The van der Waals surface area contributed by atoms with E-state index in [4.69, 9.17) is 4.18 Å². The maximum absolute atomic E-state index is 13.0. The fraction of sp³-hybridized carbons (Fsp3) is 0.350. The van der Waals surface area contributed by atoms with Crippen molar-refractivity contribution in [3.63, 3.8) is 0 Å². The highest BCUT2D eigenvalue weighted by Gasteiger charge is 2.19. The molecular formula is C20H25FN2O4S. The second-order valence-corrected chi connectivity index (χ2v) is 8.51. The van der Waals surface area contributed by atoms with Crippen LogP contribution in [0.1, 0.15) is 33.3 Å². The minimum absolute atomic E-state index is 0.00599. The number of halogens is 1. The molecule has 0 aliphatic heterocycles. The highest BCUT2D eigenvalue weighted by molar-refractivity contribution is 7.87. The van der Waals surface area contributed by atoms with Crippen LogP contribution < -0.4 is 9.50 Å². The van der Waals surface area contributed by atoms with Crippen molar-refractivity contribution in [2.24, 2.45) is 0 Å². The minimum atomic E-state index is -4.05. The van der Waals surface area contributed by atoms with Crippen molar-refractivity contribution in [2.45, 2.75) is 51.2 Å². The van der Waals surface area contributed by atoms with Crippen LogP contribution in [0.2, 0.25) is 0 Å². The predicted octanol–water partition coefficient (Wildman–Crippen LogP) is 3.92. The minimum Gasteiger partial charge on any atom is -0.379 e. The van der Waals surface area contributed by atoms with Crippen molar-refractivity contribution in [3.05, 3.63) is 59.9 Å². The monoisotopic (exact) mass is 408 g/mol. The van der Waals surface area contributed by atoms with E-state index in [1.165, 1.54) is 12.1 Å². The zero-order valence-electron chi connectivity index (χ0n) is 16.3. The van der Waals surface area contributed by atoms with Crippen LogP contribution in [0, 0.1) is 5.82 Å². The zero-order chi connectivity index (χ0) is 20.9. The second kappa shape index (κ2) is 9.05. The van der Waals surface area contributed by atoms with Crippen LogP contribution in [0.5, 0.6) is 5.75 Å². The molecule has 0 unspecified atom stereocenters. The molecule has 0 aliphatic rings. The van der Waals surface area contributed by atoms with Crippen molar-refractivity contribution in [1.82, 2.24) is 10.2 Å². The first kappa shape index (κ1) is 21.7. The lowest BCUT2D eigenvalue weighted by molar-refractivity contribution is 0.177. The topological polar surface area (TPSA) is 75.7 Å². The van der Waals surface area contributed by atoms with Gasteiger partial charge in [-0.3, -0.25) is 0 Å². The Labute approximate surface area is 165 Å². The summed E-state index contributed by atoms with van der Waals surface area (Å²) in [7, 11) is -4.05. The molecule has 2 aromatic rings. The molecule has 0 saturated heterocycles. The van der Waals surface area contributed by atoms with E-state index in [2.05, 4.69) is 5.32 Å². The summed E-state index contributed by atoms with van der Waals surface area (Å²) in [5.41, 5.74) is 0.833. The Kier molecular flexibility index (Phi) is 7.01. The Bertz CT molecular complexity index is 895. The molecule has 0 heterocycles. The van der Waals surface area contributed by atoms with E-state index >= 15 is 0 Å². The number of carbonyl (C=O) groups is 1. The number of urea groups is 1. The summed E-state index contributed by atoms with van der Waals surface area (Å²) in [6.07, 6.45) is 0. The van der Waals surface area contributed by atoms with Crippen molar-refractivity contribution in [3.8, 4) is 5.75 Å². The number of hydrogen-bond acceptors (Lipinski definition) is 4. The molecule has 2 aromatic carbocycles. The fourth-order valence-electron chi connectivity index (χ4n) is 2.44. The largest absolute Gasteiger partial charge is 0.379 e. The van der Waals surface area contributed by atoms with Gasteiger partial charge in [-0.05, 0) is 69.7 Å². The van der Waals surface area contributed by atoms with Crippen LogP contribution in [0.25, 0.3) is 0 Å². The van der Waals surface area contributed by atoms with Gasteiger partial charge in [0.1, 0.15) is 16.5 Å². The number of hydrogen-bond donors (Lipinski definition) is 1. The van der Waals surface area contributed by atoms with Crippen molar-refractivity contribution in [2.75, 3.05) is 0 Å². The Morgan fingerprint density at radius 3 is 2.11 bits per heavy atom. The van der Waals surface area contributed by atoms with Crippen LogP contribution in [0.3, 0.4) is 0 Å². The normalized spacial score (nSPS) is 11.5. The summed E-state index contributed by atoms with van der Waals surface area (Å²) < 4.78 is 42.6. The van der Waals surface area contributed by atoms with Crippen molar-refractivity contribution < 1.29 is 21.8 Å². The van der Waals surface area contributed by atoms with E-state index in [0.717, 1.165) is 29.8 Å². The first-order valence-corrected chi connectivity index (χ1v) is 10.4. The third-order valence-electron chi connectivity index (χ3n) is 3.88. The fourth-order valence-corrected chi connectivity index (χ4v) is 3.37. The molecule has 0 bridgehead atoms. The van der Waals surface area contributed by atoms with Gasteiger partial charge in [-0.15, -0.1) is 0 Å². The number of nitrogens with zero attached hydrogens (tertiary/aromatic N) is 1. The third-order valence-corrected chi connectivity index (χ3v) is 5.14. The van der Waals surface area contributed by atoms with E-state index in [1.54, 1.807) is 17.0 Å². The quantitative estimate of drug-likeness (QED) is 0.705. The Morgan fingerprint density at radius 2 is 1.61 bits per heavy atom. The Balaban J connectivity index is 2.10. The van der Waals surface area contributed by atoms with Crippen molar-refractivity contribution in [1.29, 1.82) is 0 Å². The molecule has 2 rings (SSSR count). The van der Waals surface area contributed by atoms with E-state index in [9.17, 15) is 17.6 Å². The van der Waals surface area contributed by atoms with Crippen LogP contribution in [-0.4, -0.2) is 31.4 Å². The van der Waals surface area contributed by atoms with E-state index < -0.39 is 15.9 Å².